The lowest BCUT2D eigenvalue weighted by Crippen LogP contribution is -2.36. The van der Waals surface area contributed by atoms with Crippen molar-refractivity contribution in [3.05, 3.63) is 59.2 Å². The highest BCUT2D eigenvalue weighted by Gasteiger charge is 2.36. The van der Waals surface area contributed by atoms with E-state index in [9.17, 15) is 13.2 Å². The highest BCUT2D eigenvalue weighted by molar-refractivity contribution is 7.93. The maximum absolute atomic E-state index is 13.3. The van der Waals surface area contributed by atoms with E-state index in [-0.39, 0.29) is 16.5 Å². The molecule has 3 rings (SSSR count). The number of benzene rings is 2. The molecular weight excluding hydrogens is 326 g/mol. The largest absolute Gasteiger partial charge is 0.465 e. The summed E-state index contributed by atoms with van der Waals surface area (Å²) >= 11 is 0. The van der Waals surface area contributed by atoms with Crippen LogP contribution in [0.4, 0.5) is 5.69 Å². The van der Waals surface area contributed by atoms with Crippen LogP contribution in [0.3, 0.4) is 0 Å². The fourth-order valence-corrected chi connectivity index (χ4v) is 5.08. The molecule has 24 heavy (non-hydrogen) atoms. The zero-order valence-corrected chi connectivity index (χ0v) is 14.6. The maximum atomic E-state index is 13.3. The average Bonchev–Trinajstić information content (AvgIpc) is 2.90. The van der Waals surface area contributed by atoms with Crippen LogP contribution < -0.4 is 4.31 Å². The van der Waals surface area contributed by atoms with E-state index in [1.807, 2.05) is 31.2 Å². The highest BCUT2D eigenvalue weighted by Crippen LogP contribution is 2.37. The molecule has 0 radical (unpaired) electrons. The Morgan fingerprint density at radius 3 is 2.62 bits per heavy atom. The first kappa shape index (κ1) is 16.5. The van der Waals surface area contributed by atoms with Crippen LogP contribution in [0.1, 0.15) is 28.4 Å². The Kier molecular flexibility index (Phi) is 4.09. The Morgan fingerprint density at radius 1 is 1.21 bits per heavy atom. The van der Waals surface area contributed by atoms with Crippen molar-refractivity contribution in [1.29, 1.82) is 0 Å². The summed E-state index contributed by atoms with van der Waals surface area (Å²) in [6.45, 7) is 3.61. The number of hydrogen-bond acceptors (Lipinski definition) is 4. The van der Waals surface area contributed by atoms with Gasteiger partial charge in [-0.2, -0.15) is 0 Å². The summed E-state index contributed by atoms with van der Waals surface area (Å²) in [7, 11) is -2.50. The molecule has 0 spiro atoms. The van der Waals surface area contributed by atoms with Crippen LogP contribution in [0.25, 0.3) is 0 Å². The van der Waals surface area contributed by atoms with Gasteiger partial charge in [0.05, 0.1) is 23.3 Å². The number of methoxy groups -OCH3 is 1. The van der Waals surface area contributed by atoms with Crippen LogP contribution in [0, 0.1) is 6.92 Å². The lowest BCUT2D eigenvalue weighted by molar-refractivity contribution is 0.0600. The number of carbonyl (C=O) groups is 1. The van der Waals surface area contributed by atoms with Gasteiger partial charge in [-0.15, -0.1) is 0 Å². The molecule has 0 N–H and O–H groups in total. The average molecular weight is 345 g/mol. The molecule has 2 aromatic carbocycles. The molecule has 0 bridgehead atoms. The number of nitrogens with zero attached hydrogens (tertiary/aromatic N) is 1. The van der Waals surface area contributed by atoms with Crippen molar-refractivity contribution < 1.29 is 17.9 Å². The Morgan fingerprint density at radius 2 is 1.92 bits per heavy atom. The number of esters is 1. The normalized spacial score (nSPS) is 16.8. The van der Waals surface area contributed by atoms with Crippen molar-refractivity contribution in [3.63, 3.8) is 0 Å². The van der Waals surface area contributed by atoms with Gasteiger partial charge < -0.3 is 4.74 Å². The minimum Gasteiger partial charge on any atom is -0.465 e. The van der Waals surface area contributed by atoms with Crippen molar-refractivity contribution in [2.75, 3.05) is 11.4 Å². The minimum absolute atomic E-state index is 0.133. The first-order chi connectivity index (χ1) is 11.4. The lowest BCUT2D eigenvalue weighted by Gasteiger charge is -2.25. The number of rotatable bonds is 3. The monoisotopic (exact) mass is 345 g/mol. The quantitative estimate of drug-likeness (QED) is 0.803. The minimum atomic E-state index is -3.77. The molecule has 0 fully saturated rings. The molecule has 1 aliphatic heterocycles. The first-order valence-corrected chi connectivity index (χ1v) is 9.11. The molecule has 5 nitrogen and oxygen atoms in total. The summed E-state index contributed by atoms with van der Waals surface area (Å²) in [5.74, 6) is -0.554. The number of carbonyl (C=O) groups excluding carboxylic acids is 1. The molecule has 0 saturated heterocycles. The molecule has 0 aromatic heterocycles. The number of hydrogen-bond donors (Lipinski definition) is 0. The van der Waals surface area contributed by atoms with E-state index < -0.39 is 16.0 Å². The molecular formula is C18H19NO4S. The third kappa shape index (κ3) is 2.57. The smallest absolute Gasteiger partial charge is 0.337 e. The van der Waals surface area contributed by atoms with Crippen LogP contribution >= 0.6 is 0 Å². The fourth-order valence-electron chi connectivity index (χ4n) is 3.13. The second kappa shape index (κ2) is 5.94. The number of fused-ring (bicyclic) bond motifs is 1. The molecule has 126 valence electrons. The van der Waals surface area contributed by atoms with E-state index >= 15 is 0 Å². The Balaban J connectivity index is 2.14. The van der Waals surface area contributed by atoms with Crippen LogP contribution in [0.15, 0.2) is 47.4 Å². The van der Waals surface area contributed by atoms with Gasteiger partial charge in [-0.3, -0.25) is 4.31 Å². The molecule has 1 aliphatic rings. The van der Waals surface area contributed by atoms with Crippen molar-refractivity contribution >= 4 is 21.7 Å². The van der Waals surface area contributed by atoms with Gasteiger partial charge in [0.2, 0.25) is 0 Å². The van der Waals surface area contributed by atoms with Gasteiger partial charge in [0.25, 0.3) is 10.0 Å². The van der Waals surface area contributed by atoms with E-state index in [2.05, 4.69) is 0 Å². The molecule has 1 heterocycles. The molecule has 0 amide bonds. The third-order valence-electron chi connectivity index (χ3n) is 4.29. The Labute approximate surface area is 141 Å². The number of para-hydroxylation sites is 1. The predicted molar refractivity (Wildman–Crippen MR) is 91.8 cm³/mol. The topological polar surface area (TPSA) is 63.7 Å². The van der Waals surface area contributed by atoms with Gasteiger partial charge in [0.15, 0.2) is 0 Å². The molecule has 0 unspecified atom stereocenters. The standard InChI is InChI=1S/C18H19NO4S/c1-12-8-9-15(18(20)23-3)11-17(12)24(21,22)19-13(2)10-14-6-4-5-7-16(14)19/h4-9,11,13H,10H2,1-3H3/t13-/m1/s1. The Hall–Kier alpha value is -2.34. The van der Waals surface area contributed by atoms with Gasteiger partial charge >= 0.3 is 5.97 Å². The Bertz CT molecular complexity index is 905. The lowest BCUT2D eigenvalue weighted by atomic mass is 10.1. The van der Waals surface area contributed by atoms with Crippen molar-refractivity contribution in [2.45, 2.75) is 31.2 Å². The zero-order chi connectivity index (χ0) is 17.5. The SMILES string of the molecule is COC(=O)c1ccc(C)c(S(=O)(=O)N2c3ccccc3C[C@H]2C)c1. The molecule has 0 aliphatic carbocycles. The van der Waals surface area contributed by atoms with Crippen molar-refractivity contribution in [2.24, 2.45) is 0 Å². The van der Waals surface area contributed by atoms with Crippen LogP contribution in [-0.2, 0) is 21.2 Å². The van der Waals surface area contributed by atoms with Crippen molar-refractivity contribution in [3.8, 4) is 0 Å². The van der Waals surface area contributed by atoms with Gasteiger partial charge in [-0.25, -0.2) is 13.2 Å². The summed E-state index contributed by atoms with van der Waals surface area (Å²) in [6.07, 6.45) is 0.672. The van der Waals surface area contributed by atoms with Gasteiger partial charge in [-0.05, 0) is 49.6 Å². The first-order valence-electron chi connectivity index (χ1n) is 7.67. The predicted octanol–water partition coefficient (Wildman–Crippen LogP) is 2.92. The van der Waals surface area contributed by atoms with Crippen LogP contribution in [0.5, 0.6) is 0 Å². The van der Waals surface area contributed by atoms with Gasteiger partial charge in [0.1, 0.15) is 0 Å². The summed E-state index contributed by atoms with van der Waals surface area (Å²) in [5.41, 5.74) is 2.53. The molecule has 0 saturated carbocycles. The number of aryl methyl sites for hydroxylation is 1. The van der Waals surface area contributed by atoms with E-state index in [1.54, 1.807) is 19.1 Å². The number of ether oxygens (including phenoxy) is 1. The van der Waals surface area contributed by atoms with Gasteiger partial charge in [0, 0.05) is 6.04 Å². The third-order valence-corrected chi connectivity index (χ3v) is 6.36. The second-order valence-electron chi connectivity index (χ2n) is 5.95. The second-order valence-corrected chi connectivity index (χ2v) is 7.74. The summed E-state index contributed by atoms with van der Waals surface area (Å²) < 4.78 is 32.7. The van der Waals surface area contributed by atoms with Crippen molar-refractivity contribution in [1.82, 2.24) is 0 Å². The maximum Gasteiger partial charge on any atom is 0.337 e. The fraction of sp³-hybridized carbons (Fsp3) is 0.278. The number of sulfonamides is 1. The van der Waals surface area contributed by atoms with Crippen LogP contribution in [-0.4, -0.2) is 27.5 Å². The molecule has 6 heteroatoms. The highest BCUT2D eigenvalue weighted by atomic mass is 32.2. The van der Waals surface area contributed by atoms with Crippen LogP contribution in [0.2, 0.25) is 0 Å². The summed E-state index contributed by atoms with van der Waals surface area (Å²) in [6, 6.07) is 11.9. The van der Waals surface area contributed by atoms with E-state index in [0.717, 1.165) is 5.56 Å². The summed E-state index contributed by atoms with van der Waals surface area (Å²) in [4.78, 5) is 11.9. The number of anilines is 1. The van der Waals surface area contributed by atoms with E-state index in [0.29, 0.717) is 17.7 Å². The van der Waals surface area contributed by atoms with E-state index in [1.165, 1.54) is 17.5 Å². The van der Waals surface area contributed by atoms with E-state index in [4.69, 9.17) is 4.74 Å². The summed E-state index contributed by atoms with van der Waals surface area (Å²) in [5, 5.41) is 0. The van der Waals surface area contributed by atoms with Gasteiger partial charge in [-0.1, -0.05) is 24.3 Å². The molecule has 2 aromatic rings. The molecule has 1 atom stereocenters. The zero-order valence-electron chi connectivity index (χ0n) is 13.8.